The van der Waals surface area contributed by atoms with E-state index in [2.05, 4.69) is 15.6 Å². The van der Waals surface area contributed by atoms with Crippen molar-refractivity contribution in [2.75, 3.05) is 22.6 Å². The van der Waals surface area contributed by atoms with E-state index in [1.54, 1.807) is 36.5 Å². The molecule has 0 bridgehead atoms. The molecule has 0 saturated heterocycles. The number of benzene rings is 2. The van der Waals surface area contributed by atoms with Gasteiger partial charge in [0.25, 0.3) is 5.91 Å². The minimum atomic E-state index is -0.432. The van der Waals surface area contributed by atoms with Gasteiger partial charge in [-0.2, -0.15) is 0 Å². The first-order valence-electron chi connectivity index (χ1n) is 8.99. The first-order chi connectivity index (χ1) is 14.0. The number of hydrogen-bond donors (Lipinski definition) is 2. The Bertz CT molecular complexity index is 1100. The molecule has 2 heterocycles. The van der Waals surface area contributed by atoms with Gasteiger partial charge in [0.05, 0.1) is 11.3 Å². The van der Waals surface area contributed by atoms with Crippen molar-refractivity contribution in [1.82, 2.24) is 4.98 Å². The maximum Gasteiger partial charge on any atom is 0.257 e. The average molecular weight is 392 g/mol. The lowest BCUT2D eigenvalue weighted by Gasteiger charge is -2.20. The summed E-state index contributed by atoms with van der Waals surface area (Å²) in [5.74, 6) is -1.17. The van der Waals surface area contributed by atoms with E-state index in [1.807, 2.05) is 12.1 Å². The maximum atomic E-state index is 14.6. The predicted octanol–water partition coefficient (Wildman–Crippen LogP) is 4.40. The van der Waals surface area contributed by atoms with Crippen molar-refractivity contribution in [1.29, 1.82) is 0 Å². The second-order valence-electron chi connectivity index (χ2n) is 6.73. The highest BCUT2D eigenvalue weighted by atomic mass is 19.1. The lowest BCUT2D eigenvalue weighted by Crippen LogP contribution is -2.17. The summed E-state index contributed by atoms with van der Waals surface area (Å²) in [5.41, 5.74) is 3.19. The highest BCUT2D eigenvalue weighted by Crippen LogP contribution is 2.32. The average Bonchev–Trinajstić information content (AvgIpc) is 3.01. The summed E-state index contributed by atoms with van der Waals surface area (Å²) < 4.78 is 28.1. The van der Waals surface area contributed by atoms with Gasteiger partial charge >= 0.3 is 0 Å². The largest absolute Gasteiger partial charge is 0.368 e. The molecule has 146 valence electrons. The highest BCUT2D eigenvalue weighted by Gasteiger charge is 2.24. The van der Waals surface area contributed by atoms with E-state index >= 15 is 0 Å². The molecule has 0 atom stereocenters. The summed E-state index contributed by atoms with van der Waals surface area (Å²) in [4.78, 5) is 18.0. The summed E-state index contributed by atoms with van der Waals surface area (Å²) >= 11 is 0. The van der Waals surface area contributed by atoms with E-state index < -0.39 is 11.6 Å². The number of rotatable bonds is 5. The molecule has 1 aliphatic heterocycles. The smallest absolute Gasteiger partial charge is 0.257 e. The zero-order chi connectivity index (χ0) is 20.4. The Labute approximate surface area is 166 Å². The molecule has 0 aliphatic carbocycles. The molecule has 2 aromatic carbocycles. The number of amides is 1. The van der Waals surface area contributed by atoms with Crippen LogP contribution in [0.1, 0.15) is 11.1 Å². The maximum absolute atomic E-state index is 14.6. The van der Waals surface area contributed by atoms with E-state index in [1.165, 1.54) is 30.5 Å². The van der Waals surface area contributed by atoms with Crippen LogP contribution < -0.4 is 15.5 Å². The molecule has 0 spiro atoms. The second-order valence-corrected chi connectivity index (χ2v) is 6.73. The molecule has 0 radical (unpaired) electrons. The molecule has 0 saturated carbocycles. The standard InChI is InChI=1S/C22H18F2N4O/c1-28(13-14-3-2-8-25-11-14)21-7-5-16(10-19(21)24)26-12-18-17-9-15(23)4-6-20(17)27-22(18)29/h2-12,26H,13H2,1H3,(H,27,29)/b18-12-. The van der Waals surface area contributed by atoms with E-state index in [4.69, 9.17) is 0 Å². The number of pyridine rings is 1. The van der Waals surface area contributed by atoms with Crippen LogP contribution in [0.2, 0.25) is 0 Å². The molecular formula is C22H18F2N4O. The predicted molar refractivity (Wildman–Crippen MR) is 109 cm³/mol. The Morgan fingerprint density at radius 3 is 2.79 bits per heavy atom. The van der Waals surface area contributed by atoms with Crippen LogP contribution in [-0.2, 0) is 11.3 Å². The molecule has 2 N–H and O–H groups in total. The van der Waals surface area contributed by atoms with Crippen LogP contribution in [0, 0.1) is 11.6 Å². The third-order valence-corrected chi connectivity index (χ3v) is 4.65. The number of anilines is 3. The first kappa shape index (κ1) is 18.6. The van der Waals surface area contributed by atoms with Crippen molar-refractivity contribution < 1.29 is 13.6 Å². The molecule has 1 amide bonds. The molecule has 4 rings (SSSR count). The topological polar surface area (TPSA) is 57.3 Å². The minimum Gasteiger partial charge on any atom is -0.368 e. The van der Waals surface area contributed by atoms with Gasteiger partial charge in [-0.1, -0.05) is 6.07 Å². The van der Waals surface area contributed by atoms with E-state index in [-0.39, 0.29) is 11.5 Å². The number of hydrogen-bond acceptors (Lipinski definition) is 4. The summed E-state index contributed by atoms with van der Waals surface area (Å²) in [6, 6.07) is 12.6. The van der Waals surface area contributed by atoms with Crippen molar-refractivity contribution in [3.8, 4) is 0 Å². The van der Waals surface area contributed by atoms with Gasteiger partial charge in [0.2, 0.25) is 0 Å². The van der Waals surface area contributed by atoms with Gasteiger partial charge in [0.1, 0.15) is 11.6 Å². The lowest BCUT2D eigenvalue weighted by molar-refractivity contribution is -0.110. The van der Waals surface area contributed by atoms with Crippen molar-refractivity contribution in [3.63, 3.8) is 0 Å². The normalized spacial score (nSPS) is 13.9. The third kappa shape index (κ3) is 3.94. The van der Waals surface area contributed by atoms with Crippen LogP contribution in [0.15, 0.2) is 67.1 Å². The summed E-state index contributed by atoms with van der Waals surface area (Å²) in [6.07, 6.45) is 4.88. The van der Waals surface area contributed by atoms with Crippen molar-refractivity contribution >= 4 is 28.5 Å². The van der Waals surface area contributed by atoms with E-state index in [0.717, 1.165) is 5.56 Å². The number of nitrogens with one attached hydrogen (secondary N) is 2. The minimum absolute atomic E-state index is 0.290. The van der Waals surface area contributed by atoms with Crippen molar-refractivity contribution in [2.45, 2.75) is 6.54 Å². The van der Waals surface area contributed by atoms with Crippen LogP contribution in [0.4, 0.5) is 25.8 Å². The number of fused-ring (bicyclic) bond motifs is 1. The molecule has 29 heavy (non-hydrogen) atoms. The van der Waals surface area contributed by atoms with Gasteiger partial charge in [-0.05, 0) is 48.0 Å². The van der Waals surface area contributed by atoms with Crippen LogP contribution in [0.3, 0.4) is 0 Å². The molecule has 0 fully saturated rings. The zero-order valence-electron chi connectivity index (χ0n) is 15.6. The van der Waals surface area contributed by atoms with Gasteiger partial charge in [-0.3, -0.25) is 9.78 Å². The molecule has 0 unspecified atom stereocenters. The highest BCUT2D eigenvalue weighted by molar-refractivity contribution is 6.31. The number of nitrogens with zero attached hydrogens (tertiary/aromatic N) is 2. The third-order valence-electron chi connectivity index (χ3n) is 4.65. The monoisotopic (exact) mass is 392 g/mol. The fourth-order valence-corrected chi connectivity index (χ4v) is 3.22. The SMILES string of the molecule is CN(Cc1cccnc1)c1ccc(N/C=C2\C(=O)Nc3ccc(F)cc32)cc1F. The Kier molecular flexibility index (Phi) is 4.95. The Balaban J connectivity index is 1.51. The first-order valence-corrected chi connectivity index (χ1v) is 8.99. The van der Waals surface area contributed by atoms with Gasteiger partial charge in [-0.15, -0.1) is 0 Å². The summed E-state index contributed by atoms with van der Waals surface area (Å²) in [5, 5.41) is 5.59. The Morgan fingerprint density at radius 1 is 1.17 bits per heavy atom. The van der Waals surface area contributed by atoms with Gasteiger partial charge in [0, 0.05) is 49.1 Å². The van der Waals surface area contributed by atoms with Crippen LogP contribution >= 0.6 is 0 Å². The number of carbonyl (C=O) groups is 1. The van der Waals surface area contributed by atoms with Gasteiger partial charge in [-0.25, -0.2) is 8.78 Å². The van der Waals surface area contributed by atoms with E-state index in [9.17, 15) is 13.6 Å². The van der Waals surface area contributed by atoms with Crippen LogP contribution in [0.25, 0.3) is 5.57 Å². The van der Waals surface area contributed by atoms with E-state index in [0.29, 0.717) is 29.2 Å². The summed E-state index contributed by atoms with van der Waals surface area (Å²) in [7, 11) is 1.80. The van der Waals surface area contributed by atoms with Crippen LogP contribution in [0.5, 0.6) is 0 Å². The fraction of sp³-hybridized carbons (Fsp3) is 0.0909. The lowest BCUT2D eigenvalue weighted by atomic mass is 10.1. The number of aromatic nitrogens is 1. The molecule has 3 aromatic rings. The van der Waals surface area contributed by atoms with Crippen LogP contribution in [-0.4, -0.2) is 17.9 Å². The Hall–Kier alpha value is -3.74. The van der Waals surface area contributed by atoms with Crippen molar-refractivity contribution in [2.24, 2.45) is 0 Å². The number of halogens is 2. The molecule has 1 aromatic heterocycles. The fourth-order valence-electron chi connectivity index (χ4n) is 3.22. The number of carbonyl (C=O) groups excluding carboxylic acids is 1. The Morgan fingerprint density at radius 2 is 2.03 bits per heavy atom. The molecular weight excluding hydrogens is 374 g/mol. The van der Waals surface area contributed by atoms with Gasteiger partial charge < -0.3 is 15.5 Å². The summed E-state index contributed by atoms with van der Waals surface area (Å²) in [6.45, 7) is 0.518. The zero-order valence-corrected chi connectivity index (χ0v) is 15.6. The second kappa shape index (κ2) is 7.71. The molecule has 1 aliphatic rings. The molecule has 5 nitrogen and oxygen atoms in total. The van der Waals surface area contributed by atoms with Crippen molar-refractivity contribution in [3.05, 3.63) is 89.9 Å². The molecule has 7 heteroatoms. The van der Waals surface area contributed by atoms with Gasteiger partial charge in [0.15, 0.2) is 0 Å². The quantitative estimate of drug-likeness (QED) is 0.632.